The molecule has 0 unspecified atom stereocenters. The Kier molecular flexibility index (Phi) is 4.85. The Morgan fingerprint density at radius 1 is 1.25 bits per heavy atom. The van der Waals surface area contributed by atoms with Gasteiger partial charge in [0.05, 0.1) is 10.8 Å². The molecule has 3 rings (SSSR count). The number of rotatable bonds is 5. The summed E-state index contributed by atoms with van der Waals surface area (Å²) >= 11 is 1.14. The van der Waals surface area contributed by atoms with Crippen molar-refractivity contribution < 1.29 is 13.6 Å². The van der Waals surface area contributed by atoms with Gasteiger partial charge < -0.3 is 9.73 Å². The number of pyridine rings is 1. The van der Waals surface area contributed by atoms with E-state index in [4.69, 9.17) is 4.42 Å². The van der Waals surface area contributed by atoms with E-state index in [9.17, 15) is 9.18 Å². The van der Waals surface area contributed by atoms with Crippen molar-refractivity contribution >= 4 is 23.4 Å². The quantitative estimate of drug-likeness (QED) is 0.715. The van der Waals surface area contributed by atoms with Gasteiger partial charge in [-0.25, -0.2) is 4.39 Å². The zero-order valence-electron chi connectivity index (χ0n) is 12.6. The van der Waals surface area contributed by atoms with E-state index < -0.39 is 5.25 Å². The molecule has 6 nitrogen and oxygen atoms in total. The zero-order valence-corrected chi connectivity index (χ0v) is 13.5. The van der Waals surface area contributed by atoms with Crippen LogP contribution in [0.4, 0.5) is 10.1 Å². The molecule has 1 atom stereocenters. The highest BCUT2D eigenvalue weighted by atomic mass is 32.2. The molecule has 0 aliphatic rings. The number of thioether (sulfide) groups is 1. The summed E-state index contributed by atoms with van der Waals surface area (Å²) in [5.74, 6) is -0.256. The average Bonchev–Trinajstić information content (AvgIpc) is 3.06. The number of nitrogens with one attached hydrogen (secondary N) is 1. The third-order valence-corrected chi connectivity index (χ3v) is 4.01. The van der Waals surface area contributed by atoms with Crippen LogP contribution in [0.15, 0.2) is 58.4 Å². The Morgan fingerprint density at radius 3 is 2.75 bits per heavy atom. The molecule has 1 amide bonds. The molecule has 0 radical (unpaired) electrons. The van der Waals surface area contributed by atoms with Gasteiger partial charge in [-0.2, -0.15) is 0 Å². The summed E-state index contributed by atoms with van der Waals surface area (Å²) in [6, 6.07) is 9.14. The summed E-state index contributed by atoms with van der Waals surface area (Å²) in [5.41, 5.74) is 1.23. The monoisotopic (exact) mass is 344 g/mol. The lowest BCUT2D eigenvalue weighted by atomic mass is 10.3. The molecular formula is C16H13FN4O2S. The van der Waals surface area contributed by atoms with Crippen LogP contribution in [0.2, 0.25) is 0 Å². The standard InChI is InChI=1S/C16H13FN4O2S/c1-10(14(22)19-13-6-4-12(17)5-7-13)24-16-21-20-15(23-16)11-3-2-8-18-9-11/h2-10H,1H3,(H,19,22)/t10-/m1/s1. The molecule has 0 fully saturated rings. The van der Waals surface area contributed by atoms with Gasteiger partial charge in [0.25, 0.3) is 5.22 Å². The minimum absolute atomic E-state index is 0.243. The third-order valence-electron chi connectivity index (χ3n) is 3.07. The van der Waals surface area contributed by atoms with Crippen molar-refractivity contribution in [2.45, 2.75) is 17.4 Å². The van der Waals surface area contributed by atoms with Gasteiger partial charge in [-0.05, 0) is 43.3 Å². The summed E-state index contributed by atoms with van der Waals surface area (Å²) in [4.78, 5) is 16.1. The van der Waals surface area contributed by atoms with Gasteiger partial charge in [-0.15, -0.1) is 10.2 Å². The number of carbonyl (C=O) groups is 1. The predicted molar refractivity (Wildman–Crippen MR) is 87.9 cm³/mol. The van der Waals surface area contributed by atoms with Crippen LogP contribution >= 0.6 is 11.8 Å². The maximum absolute atomic E-state index is 12.9. The van der Waals surface area contributed by atoms with Gasteiger partial charge in [0.1, 0.15) is 5.82 Å². The molecule has 0 saturated carbocycles. The first-order valence-electron chi connectivity index (χ1n) is 7.09. The number of amides is 1. The summed E-state index contributed by atoms with van der Waals surface area (Å²) in [7, 11) is 0. The van der Waals surface area contributed by atoms with Gasteiger partial charge in [-0.3, -0.25) is 9.78 Å². The van der Waals surface area contributed by atoms with E-state index in [1.165, 1.54) is 24.3 Å². The van der Waals surface area contributed by atoms with Crippen LogP contribution in [0.3, 0.4) is 0 Å². The normalized spacial score (nSPS) is 11.9. The Hall–Kier alpha value is -2.74. The molecule has 8 heteroatoms. The van der Waals surface area contributed by atoms with Gasteiger partial charge >= 0.3 is 0 Å². The van der Waals surface area contributed by atoms with Crippen LogP contribution in [-0.4, -0.2) is 26.3 Å². The first kappa shape index (κ1) is 16.1. The second-order valence-electron chi connectivity index (χ2n) is 4.87. The van der Waals surface area contributed by atoms with Crippen LogP contribution in [0.25, 0.3) is 11.5 Å². The highest BCUT2D eigenvalue weighted by Crippen LogP contribution is 2.26. The van der Waals surface area contributed by atoms with E-state index in [0.29, 0.717) is 17.1 Å². The van der Waals surface area contributed by atoms with E-state index in [1.807, 2.05) is 0 Å². The highest BCUT2D eigenvalue weighted by molar-refractivity contribution is 8.00. The number of carbonyl (C=O) groups excluding carboxylic acids is 1. The Labute approximate surface area is 141 Å². The smallest absolute Gasteiger partial charge is 0.277 e. The van der Waals surface area contributed by atoms with Crippen molar-refractivity contribution in [1.82, 2.24) is 15.2 Å². The minimum Gasteiger partial charge on any atom is -0.411 e. The van der Waals surface area contributed by atoms with E-state index in [2.05, 4.69) is 20.5 Å². The van der Waals surface area contributed by atoms with Gasteiger partial charge in [0.15, 0.2) is 0 Å². The molecule has 1 N–H and O–H groups in total. The van der Waals surface area contributed by atoms with Crippen molar-refractivity contribution in [2.24, 2.45) is 0 Å². The summed E-state index contributed by atoms with van der Waals surface area (Å²) in [6.45, 7) is 1.72. The Balaban J connectivity index is 1.62. The fourth-order valence-electron chi connectivity index (χ4n) is 1.85. The average molecular weight is 344 g/mol. The molecule has 0 bridgehead atoms. The Morgan fingerprint density at radius 2 is 2.04 bits per heavy atom. The number of benzene rings is 1. The van der Waals surface area contributed by atoms with Crippen LogP contribution in [0, 0.1) is 5.82 Å². The van der Waals surface area contributed by atoms with Crippen molar-refractivity contribution in [3.05, 3.63) is 54.6 Å². The van der Waals surface area contributed by atoms with E-state index in [-0.39, 0.29) is 16.9 Å². The maximum atomic E-state index is 12.9. The molecular weight excluding hydrogens is 331 g/mol. The molecule has 0 spiro atoms. The number of nitrogens with zero attached hydrogens (tertiary/aromatic N) is 3. The van der Waals surface area contributed by atoms with Crippen molar-refractivity contribution in [2.75, 3.05) is 5.32 Å². The molecule has 1 aromatic carbocycles. The van der Waals surface area contributed by atoms with Crippen LogP contribution in [0.1, 0.15) is 6.92 Å². The van der Waals surface area contributed by atoms with Gasteiger partial charge in [0, 0.05) is 18.1 Å². The van der Waals surface area contributed by atoms with E-state index in [1.54, 1.807) is 31.5 Å². The van der Waals surface area contributed by atoms with Crippen molar-refractivity contribution in [3.63, 3.8) is 0 Å². The minimum atomic E-state index is -0.461. The summed E-state index contributed by atoms with van der Waals surface area (Å²) < 4.78 is 18.4. The fraction of sp³-hybridized carbons (Fsp3) is 0.125. The SMILES string of the molecule is C[C@@H](Sc1nnc(-c2cccnc2)o1)C(=O)Nc1ccc(F)cc1. The number of halogens is 1. The number of anilines is 1. The number of aromatic nitrogens is 3. The molecule has 0 aliphatic heterocycles. The van der Waals surface area contributed by atoms with Crippen LogP contribution < -0.4 is 5.32 Å². The first-order valence-corrected chi connectivity index (χ1v) is 7.97. The summed E-state index contributed by atoms with van der Waals surface area (Å²) in [6.07, 6.45) is 3.27. The predicted octanol–water partition coefficient (Wildman–Crippen LogP) is 3.39. The topological polar surface area (TPSA) is 80.9 Å². The lowest BCUT2D eigenvalue weighted by molar-refractivity contribution is -0.115. The van der Waals surface area contributed by atoms with E-state index >= 15 is 0 Å². The van der Waals surface area contributed by atoms with Crippen molar-refractivity contribution in [1.29, 1.82) is 0 Å². The largest absolute Gasteiger partial charge is 0.411 e. The number of hydrogen-bond acceptors (Lipinski definition) is 6. The van der Waals surface area contributed by atoms with E-state index in [0.717, 1.165) is 11.8 Å². The molecule has 3 aromatic rings. The second kappa shape index (κ2) is 7.22. The molecule has 0 aliphatic carbocycles. The fourth-order valence-corrected chi connectivity index (χ4v) is 2.53. The third kappa shape index (κ3) is 3.96. The van der Waals surface area contributed by atoms with Crippen molar-refractivity contribution in [3.8, 4) is 11.5 Å². The Bertz CT molecular complexity index is 824. The van der Waals surface area contributed by atoms with Crippen LogP contribution in [-0.2, 0) is 4.79 Å². The van der Waals surface area contributed by atoms with Gasteiger partial charge in [0.2, 0.25) is 11.8 Å². The summed E-state index contributed by atoms with van der Waals surface area (Å²) in [5, 5.41) is 10.4. The first-order chi connectivity index (χ1) is 11.6. The lowest BCUT2D eigenvalue weighted by Gasteiger charge is -2.09. The molecule has 24 heavy (non-hydrogen) atoms. The van der Waals surface area contributed by atoms with Crippen LogP contribution in [0.5, 0.6) is 0 Å². The zero-order chi connectivity index (χ0) is 16.9. The molecule has 0 saturated heterocycles. The molecule has 122 valence electrons. The molecule has 2 heterocycles. The van der Waals surface area contributed by atoms with Gasteiger partial charge in [-0.1, -0.05) is 11.8 Å². The highest BCUT2D eigenvalue weighted by Gasteiger charge is 2.19. The number of hydrogen-bond donors (Lipinski definition) is 1. The molecule has 2 aromatic heterocycles. The lowest BCUT2D eigenvalue weighted by Crippen LogP contribution is -2.22. The maximum Gasteiger partial charge on any atom is 0.277 e. The second-order valence-corrected chi connectivity index (χ2v) is 6.16.